The quantitative estimate of drug-likeness (QED) is 0.0321. The molecule has 6 nitrogen and oxygen atoms in total. The number of amides is 1. The summed E-state index contributed by atoms with van der Waals surface area (Å²) in [6, 6.07) is -0.632. The van der Waals surface area contributed by atoms with Gasteiger partial charge in [-0.1, -0.05) is 321 Å². The van der Waals surface area contributed by atoms with E-state index in [0.717, 1.165) is 44.9 Å². The fourth-order valence-corrected chi connectivity index (χ4v) is 9.99. The number of unbranched alkanes of at least 4 members (excludes halogenated alkanes) is 48. The monoisotopic (exact) mass is 974 g/mol. The second-order valence-electron chi connectivity index (χ2n) is 21.8. The molecule has 2 unspecified atom stereocenters. The number of hydrogen-bond acceptors (Lipinski definition) is 5. The Kier molecular flexibility index (Phi) is 58.0. The maximum Gasteiger partial charge on any atom is 0.305 e. The van der Waals surface area contributed by atoms with Crippen LogP contribution in [0.1, 0.15) is 354 Å². The maximum absolute atomic E-state index is 12.5. The molecule has 0 fully saturated rings. The number of allylic oxidation sites excluding steroid dienone is 1. The van der Waals surface area contributed by atoms with Gasteiger partial charge in [-0.2, -0.15) is 0 Å². The molecular formula is C63H123NO5. The Hall–Kier alpha value is -1.40. The molecule has 0 radical (unpaired) electrons. The van der Waals surface area contributed by atoms with Gasteiger partial charge in [-0.15, -0.1) is 0 Å². The number of aliphatic hydroxyl groups excluding tert-OH is 2. The summed E-state index contributed by atoms with van der Waals surface area (Å²) in [4.78, 5) is 24.5. The standard InChI is InChI=1S/C63H123NO5/c1-3-5-7-9-11-13-15-17-18-19-20-21-22-23-24-26-29-32-35-39-43-47-51-55-61(66)60(59-65)64-62(67)56-52-48-44-40-36-33-30-27-25-28-31-34-38-42-46-50-54-58-69-63(68)57-53-49-45-41-37-16-14-12-10-8-6-4-2/h51,55,60-61,65-66H,3-50,52-54,56-59H2,1-2H3,(H,64,67)/b55-51+. The summed E-state index contributed by atoms with van der Waals surface area (Å²) in [5.74, 6) is -0.0629. The first-order chi connectivity index (χ1) is 34.0. The lowest BCUT2D eigenvalue weighted by atomic mass is 10.0. The fourth-order valence-electron chi connectivity index (χ4n) is 9.99. The zero-order valence-corrected chi connectivity index (χ0v) is 46.8. The van der Waals surface area contributed by atoms with Crippen molar-refractivity contribution in [1.29, 1.82) is 0 Å². The summed E-state index contributed by atoms with van der Waals surface area (Å²) < 4.78 is 5.47. The molecule has 410 valence electrons. The fraction of sp³-hybridized carbons (Fsp3) is 0.937. The molecule has 0 saturated carbocycles. The van der Waals surface area contributed by atoms with E-state index >= 15 is 0 Å². The van der Waals surface area contributed by atoms with Crippen molar-refractivity contribution < 1.29 is 24.5 Å². The van der Waals surface area contributed by atoms with Crippen LogP contribution < -0.4 is 5.32 Å². The van der Waals surface area contributed by atoms with Gasteiger partial charge in [0.15, 0.2) is 0 Å². The van der Waals surface area contributed by atoms with Crippen molar-refractivity contribution in [3.8, 4) is 0 Å². The number of aliphatic hydroxyl groups is 2. The number of esters is 1. The zero-order valence-electron chi connectivity index (χ0n) is 46.8. The summed E-state index contributed by atoms with van der Waals surface area (Å²) in [6.45, 7) is 4.92. The van der Waals surface area contributed by atoms with Gasteiger partial charge in [-0.25, -0.2) is 0 Å². The van der Waals surface area contributed by atoms with Crippen LogP contribution in [0, 0.1) is 0 Å². The van der Waals surface area contributed by atoms with Crippen LogP contribution in [0.25, 0.3) is 0 Å². The van der Waals surface area contributed by atoms with E-state index in [1.165, 1.54) is 283 Å². The molecule has 2 atom stereocenters. The number of carbonyl (C=O) groups excluding carboxylic acids is 2. The van der Waals surface area contributed by atoms with E-state index in [4.69, 9.17) is 4.74 Å². The molecule has 0 aliphatic rings. The molecule has 6 heteroatoms. The topological polar surface area (TPSA) is 95.9 Å². The molecule has 0 aromatic carbocycles. The summed E-state index contributed by atoms with van der Waals surface area (Å²) in [5.41, 5.74) is 0. The average molecular weight is 975 g/mol. The highest BCUT2D eigenvalue weighted by molar-refractivity contribution is 5.76. The molecule has 0 aromatic rings. The Morgan fingerprint density at radius 2 is 0.667 bits per heavy atom. The molecule has 0 rings (SSSR count). The van der Waals surface area contributed by atoms with Crippen LogP contribution in [-0.2, 0) is 14.3 Å². The molecule has 0 aliphatic carbocycles. The predicted molar refractivity (Wildman–Crippen MR) is 301 cm³/mol. The Morgan fingerprint density at radius 3 is 0.986 bits per heavy atom. The van der Waals surface area contributed by atoms with Crippen LogP contribution in [0.3, 0.4) is 0 Å². The lowest BCUT2D eigenvalue weighted by molar-refractivity contribution is -0.143. The van der Waals surface area contributed by atoms with Crippen LogP contribution >= 0.6 is 0 Å². The largest absolute Gasteiger partial charge is 0.466 e. The van der Waals surface area contributed by atoms with Crippen molar-refractivity contribution in [1.82, 2.24) is 5.32 Å². The van der Waals surface area contributed by atoms with Gasteiger partial charge < -0.3 is 20.3 Å². The van der Waals surface area contributed by atoms with Gasteiger partial charge in [0.05, 0.1) is 25.4 Å². The number of rotatable bonds is 59. The van der Waals surface area contributed by atoms with E-state index in [9.17, 15) is 19.8 Å². The predicted octanol–water partition coefficient (Wildman–Crippen LogP) is 19.6. The molecule has 0 bridgehead atoms. The number of nitrogens with one attached hydrogen (secondary N) is 1. The van der Waals surface area contributed by atoms with E-state index in [-0.39, 0.29) is 18.5 Å². The molecule has 0 spiro atoms. The molecule has 0 aliphatic heterocycles. The second-order valence-corrected chi connectivity index (χ2v) is 21.8. The third kappa shape index (κ3) is 55.8. The van der Waals surface area contributed by atoms with Crippen LogP contribution in [0.15, 0.2) is 12.2 Å². The van der Waals surface area contributed by atoms with Gasteiger partial charge in [0, 0.05) is 12.8 Å². The maximum atomic E-state index is 12.5. The van der Waals surface area contributed by atoms with Crippen molar-refractivity contribution in [2.75, 3.05) is 13.2 Å². The van der Waals surface area contributed by atoms with E-state index in [2.05, 4.69) is 19.2 Å². The normalized spacial score (nSPS) is 12.6. The molecule has 1 amide bonds. The third-order valence-electron chi connectivity index (χ3n) is 14.8. The van der Waals surface area contributed by atoms with Crippen LogP contribution in [0.2, 0.25) is 0 Å². The van der Waals surface area contributed by atoms with Crippen LogP contribution in [0.5, 0.6) is 0 Å². The minimum Gasteiger partial charge on any atom is -0.466 e. The molecule has 3 N–H and O–H groups in total. The highest BCUT2D eigenvalue weighted by Crippen LogP contribution is 2.18. The second kappa shape index (κ2) is 59.2. The minimum absolute atomic E-state index is 0.00610. The molecular weight excluding hydrogens is 851 g/mol. The van der Waals surface area contributed by atoms with Gasteiger partial charge in [-0.3, -0.25) is 9.59 Å². The lowest BCUT2D eigenvalue weighted by Crippen LogP contribution is -2.45. The summed E-state index contributed by atoms with van der Waals surface area (Å²) >= 11 is 0. The Balaban J connectivity index is 3.44. The van der Waals surface area contributed by atoms with Gasteiger partial charge in [0.1, 0.15) is 0 Å². The Labute approximate surface area is 431 Å². The number of ether oxygens (including phenoxy) is 1. The molecule has 69 heavy (non-hydrogen) atoms. The van der Waals surface area contributed by atoms with E-state index < -0.39 is 12.1 Å². The van der Waals surface area contributed by atoms with Gasteiger partial charge in [-0.05, 0) is 32.1 Å². The minimum atomic E-state index is -0.848. The Bertz CT molecular complexity index is 1030. The van der Waals surface area contributed by atoms with Crippen molar-refractivity contribution in [2.24, 2.45) is 0 Å². The zero-order chi connectivity index (χ0) is 50.0. The first kappa shape index (κ1) is 67.6. The van der Waals surface area contributed by atoms with E-state index in [1.54, 1.807) is 6.08 Å². The molecule has 0 aromatic heterocycles. The van der Waals surface area contributed by atoms with Crippen LogP contribution in [0.4, 0.5) is 0 Å². The van der Waals surface area contributed by atoms with Gasteiger partial charge in [0.25, 0.3) is 0 Å². The third-order valence-corrected chi connectivity index (χ3v) is 14.8. The van der Waals surface area contributed by atoms with Crippen molar-refractivity contribution >= 4 is 11.9 Å². The van der Waals surface area contributed by atoms with Crippen molar-refractivity contribution in [2.45, 2.75) is 366 Å². The lowest BCUT2D eigenvalue weighted by Gasteiger charge is -2.20. The average Bonchev–Trinajstić information content (AvgIpc) is 3.35. The number of hydrogen-bond donors (Lipinski definition) is 3. The molecule has 0 heterocycles. The first-order valence-corrected chi connectivity index (χ1v) is 31.5. The van der Waals surface area contributed by atoms with Crippen LogP contribution in [-0.4, -0.2) is 47.4 Å². The summed E-state index contributed by atoms with van der Waals surface area (Å²) in [7, 11) is 0. The highest BCUT2D eigenvalue weighted by atomic mass is 16.5. The van der Waals surface area contributed by atoms with Crippen molar-refractivity contribution in [3.63, 3.8) is 0 Å². The van der Waals surface area contributed by atoms with Gasteiger partial charge in [0.2, 0.25) is 5.91 Å². The SMILES string of the molecule is CCCCCCCCCCCCCCCCCCCCCCC/C=C/C(O)C(CO)NC(=O)CCCCCCCCCCCCCCCCCCCOC(=O)CCCCCCCCCCCCCC. The molecule has 0 saturated heterocycles. The smallest absolute Gasteiger partial charge is 0.305 e. The Morgan fingerprint density at radius 1 is 0.391 bits per heavy atom. The van der Waals surface area contributed by atoms with Gasteiger partial charge >= 0.3 is 5.97 Å². The van der Waals surface area contributed by atoms with E-state index in [0.29, 0.717) is 19.4 Å². The van der Waals surface area contributed by atoms with Crippen molar-refractivity contribution in [3.05, 3.63) is 12.2 Å². The summed E-state index contributed by atoms with van der Waals surface area (Å²) in [6.07, 6.45) is 71.1. The first-order valence-electron chi connectivity index (χ1n) is 31.5. The number of carbonyl (C=O) groups is 2. The summed E-state index contributed by atoms with van der Waals surface area (Å²) in [5, 5.41) is 23.2. The highest BCUT2D eigenvalue weighted by Gasteiger charge is 2.18. The van der Waals surface area contributed by atoms with E-state index in [1.807, 2.05) is 6.08 Å².